The molecule has 0 unspecified atom stereocenters. The molecule has 0 spiro atoms. The maximum Gasteiger partial charge on any atom is 0.269 e. The summed E-state index contributed by atoms with van der Waals surface area (Å²) >= 11 is 0. The Morgan fingerprint density at radius 3 is 2.46 bits per heavy atom. The van der Waals surface area contributed by atoms with Gasteiger partial charge in [0.25, 0.3) is 5.91 Å². The van der Waals surface area contributed by atoms with Gasteiger partial charge in [-0.2, -0.15) is 0 Å². The number of carbonyl (C=O) groups is 1. The van der Waals surface area contributed by atoms with Gasteiger partial charge in [0.1, 0.15) is 11.4 Å². The van der Waals surface area contributed by atoms with Gasteiger partial charge in [-0.3, -0.25) is 4.79 Å². The molecule has 1 heterocycles. The number of methoxy groups -OCH3 is 1. The van der Waals surface area contributed by atoms with E-state index >= 15 is 0 Å². The molecule has 0 saturated carbocycles. The highest BCUT2D eigenvalue weighted by molar-refractivity contribution is 5.92. The normalized spacial score (nSPS) is 10.4. The molecule has 0 aliphatic rings. The second kappa shape index (κ2) is 9.55. The van der Waals surface area contributed by atoms with E-state index in [9.17, 15) is 4.79 Å². The Hall–Kier alpha value is -3.34. The molecule has 0 saturated heterocycles. The Bertz CT molecular complexity index is 923. The lowest BCUT2D eigenvalue weighted by molar-refractivity contribution is 0.0949. The third-order valence-electron chi connectivity index (χ3n) is 4.61. The number of rotatable bonds is 8. The lowest BCUT2D eigenvalue weighted by Crippen LogP contribution is -2.26. The molecule has 1 amide bonds. The molecule has 0 radical (unpaired) electrons. The number of ether oxygens (including phenoxy) is 1. The van der Waals surface area contributed by atoms with E-state index in [1.165, 1.54) is 11.1 Å². The van der Waals surface area contributed by atoms with Crippen molar-refractivity contribution in [2.45, 2.75) is 19.9 Å². The fourth-order valence-electron chi connectivity index (χ4n) is 2.95. The molecule has 5 heteroatoms. The van der Waals surface area contributed by atoms with E-state index in [1.54, 1.807) is 19.4 Å². The van der Waals surface area contributed by atoms with Crippen molar-refractivity contribution in [3.63, 3.8) is 0 Å². The van der Waals surface area contributed by atoms with Crippen LogP contribution in [0.3, 0.4) is 0 Å². The molecule has 144 valence electrons. The van der Waals surface area contributed by atoms with Crippen molar-refractivity contribution in [1.82, 2.24) is 10.3 Å². The lowest BCUT2D eigenvalue weighted by atomic mass is 10.1. The van der Waals surface area contributed by atoms with Gasteiger partial charge < -0.3 is 15.4 Å². The van der Waals surface area contributed by atoms with E-state index in [1.807, 2.05) is 42.5 Å². The number of aromatic nitrogens is 1. The fraction of sp³-hybridized carbons (Fsp3) is 0.217. The summed E-state index contributed by atoms with van der Waals surface area (Å²) < 4.78 is 5.33. The molecule has 3 rings (SSSR count). The lowest BCUT2D eigenvalue weighted by Gasteiger charge is -2.10. The monoisotopic (exact) mass is 375 g/mol. The second-order valence-electron chi connectivity index (χ2n) is 6.53. The van der Waals surface area contributed by atoms with Gasteiger partial charge in [0.15, 0.2) is 0 Å². The zero-order valence-corrected chi connectivity index (χ0v) is 16.2. The average molecular weight is 375 g/mol. The Kier molecular flexibility index (Phi) is 6.63. The standard InChI is InChI=1S/C23H25N3O2/c1-17-7-3-4-9-19(17)15-25-20-11-12-21(26-16-20)23(27)24-14-13-18-8-5-6-10-22(18)28-2/h3-12,16,25H,13-15H2,1-2H3,(H,24,27). The molecule has 1 aromatic heterocycles. The van der Waals surface area contributed by atoms with Crippen LogP contribution in [0.15, 0.2) is 66.9 Å². The zero-order chi connectivity index (χ0) is 19.8. The summed E-state index contributed by atoms with van der Waals surface area (Å²) in [5, 5.41) is 6.24. The van der Waals surface area contributed by atoms with Crippen LogP contribution in [-0.4, -0.2) is 24.5 Å². The highest BCUT2D eigenvalue weighted by Gasteiger charge is 2.08. The molecule has 2 aromatic carbocycles. The maximum atomic E-state index is 12.3. The minimum Gasteiger partial charge on any atom is -0.496 e. The number of hydrogen-bond acceptors (Lipinski definition) is 4. The highest BCUT2D eigenvalue weighted by Crippen LogP contribution is 2.17. The van der Waals surface area contributed by atoms with E-state index in [4.69, 9.17) is 4.74 Å². The van der Waals surface area contributed by atoms with Gasteiger partial charge in [-0.1, -0.05) is 42.5 Å². The third-order valence-corrected chi connectivity index (χ3v) is 4.61. The van der Waals surface area contributed by atoms with Gasteiger partial charge in [0, 0.05) is 13.1 Å². The largest absolute Gasteiger partial charge is 0.496 e. The SMILES string of the molecule is COc1ccccc1CCNC(=O)c1ccc(NCc2ccccc2C)cn1. The quantitative estimate of drug-likeness (QED) is 0.625. The van der Waals surface area contributed by atoms with Crippen molar-refractivity contribution >= 4 is 11.6 Å². The number of carbonyl (C=O) groups excluding carboxylic acids is 1. The molecule has 0 aliphatic heterocycles. The molecular formula is C23H25N3O2. The van der Waals surface area contributed by atoms with Crippen LogP contribution in [0, 0.1) is 6.92 Å². The van der Waals surface area contributed by atoms with Crippen molar-refractivity contribution < 1.29 is 9.53 Å². The van der Waals surface area contributed by atoms with Gasteiger partial charge in [-0.15, -0.1) is 0 Å². The molecule has 3 aromatic rings. The highest BCUT2D eigenvalue weighted by atomic mass is 16.5. The van der Waals surface area contributed by atoms with Crippen molar-refractivity contribution in [3.05, 3.63) is 89.2 Å². The first kappa shape index (κ1) is 19.4. The summed E-state index contributed by atoms with van der Waals surface area (Å²) in [4.78, 5) is 16.6. The minimum atomic E-state index is -0.180. The summed E-state index contributed by atoms with van der Waals surface area (Å²) in [5.74, 6) is 0.652. The Morgan fingerprint density at radius 1 is 1.00 bits per heavy atom. The van der Waals surface area contributed by atoms with Crippen LogP contribution in [0.4, 0.5) is 5.69 Å². The number of nitrogens with zero attached hydrogens (tertiary/aromatic N) is 1. The number of pyridine rings is 1. The summed E-state index contributed by atoms with van der Waals surface area (Å²) in [5.41, 5.74) is 4.83. The first-order chi connectivity index (χ1) is 13.7. The summed E-state index contributed by atoms with van der Waals surface area (Å²) in [7, 11) is 1.65. The van der Waals surface area contributed by atoms with Crippen molar-refractivity contribution in [3.8, 4) is 5.75 Å². The molecule has 0 aliphatic carbocycles. The number of benzene rings is 2. The van der Waals surface area contributed by atoms with E-state index in [-0.39, 0.29) is 5.91 Å². The number of nitrogens with one attached hydrogen (secondary N) is 2. The molecule has 2 N–H and O–H groups in total. The van der Waals surface area contributed by atoms with Crippen LogP contribution < -0.4 is 15.4 Å². The van der Waals surface area contributed by atoms with E-state index in [2.05, 4.69) is 34.7 Å². The minimum absolute atomic E-state index is 0.180. The van der Waals surface area contributed by atoms with Gasteiger partial charge in [0.2, 0.25) is 0 Å². The first-order valence-corrected chi connectivity index (χ1v) is 9.32. The Labute approximate surface area is 165 Å². The average Bonchev–Trinajstić information content (AvgIpc) is 2.74. The topological polar surface area (TPSA) is 63.2 Å². The maximum absolute atomic E-state index is 12.3. The predicted molar refractivity (Wildman–Crippen MR) is 112 cm³/mol. The van der Waals surface area contributed by atoms with Crippen LogP contribution in [-0.2, 0) is 13.0 Å². The van der Waals surface area contributed by atoms with Gasteiger partial charge in [0.05, 0.1) is 19.0 Å². The van der Waals surface area contributed by atoms with Crippen molar-refractivity contribution in [2.24, 2.45) is 0 Å². The van der Waals surface area contributed by atoms with E-state index in [0.29, 0.717) is 18.7 Å². The number of para-hydroxylation sites is 1. The summed E-state index contributed by atoms with van der Waals surface area (Å²) in [6, 6.07) is 19.7. The van der Waals surface area contributed by atoms with Crippen LogP contribution >= 0.6 is 0 Å². The van der Waals surface area contributed by atoms with E-state index < -0.39 is 0 Å². The Balaban J connectivity index is 1.50. The molecule has 0 fully saturated rings. The molecule has 0 atom stereocenters. The molecule has 28 heavy (non-hydrogen) atoms. The van der Waals surface area contributed by atoms with Gasteiger partial charge in [-0.25, -0.2) is 4.98 Å². The molecule has 5 nitrogen and oxygen atoms in total. The molecule has 0 bridgehead atoms. The number of amides is 1. The van der Waals surface area contributed by atoms with Crippen LogP contribution in [0.2, 0.25) is 0 Å². The third kappa shape index (κ3) is 5.10. The van der Waals surface area contributed by atoms with E-state index in [0.717, 1.165) is 23.5 Å². The number of hydrogen-bond donors (Lipinski definition) is 2. The van der Waals surface area contributed by atoms with Crippen LogP contribution in [0.5, 0.6) is 5.75 Å². The molecular weight excluding hydrogens is 350 g/mol. The Morgan fingerprint density at radius 2 is 1.75 bits per heavy atom. The van der Waals surface area contributed by atoms with Crippen molar-refractivity contribution in [1.29, 1.82) is 0 Å². The number of aryl methyl sites for hydroxylation is 1. The second-order valence-corrected chi connectivity index (χ2v) is 6.53. The van der Waals surface area contributed by atoms with Crippen LogP contribution in [0.1, 0.15) is 27.2 Å². The predicted octanol–water partition coefficient (Wildman–Crippen LogP) is 3.98. The fourth-order valence-corrected chi connectivity index (χ4v) is 2.95. The summed E-state index contributed by atoms with van der Waals surface area (Å²) in [6.45, 7) is 3.33. The van der Waals surface area contributed by atoms with Gasteiger partial charge in [-0.05, 0) is 48.2 Å². The van der Waals surface area contributed by atoms with Crippen LogP contribution in [0.25, 0.3) is 0 Å². The summed E-state index contributed by atoms with van der Waals surface area (Å²) in [6.07, 6.45) is 2.39. The van der Waals surface area contributed by atoms with Crippen molar-refractivity contribution in [2.75, 3.05) is 19.0 Å². The zero-order valence-electron chi connectivity index (χ0n) is 16.2. The number of anilines is 1. The first-order valence-electron chi connectivity index (χ1n) is 9.32. The van der Waals surface area contributed by atoms with Gasteiger partial charge >= 0.3 is 0 Å². The smallest absolute Gasteiger partial charge is 0.269 e.